The molecule has 0 unspecified atom stereocenters. The summed E-state index contributed by atoms with van der Waals surface area (Å²) in [4.78, 5) is 12.4. The lowest BCUT2D eigenvalue weighted by Gasteiger charge is -2.12. The molecule has 0 spiro atoms. The molecule has 0 saturated heterocycles. The zero-order chi connectivity index (χ0) is 15.4. The molecule has 0 aliphatic heterocycles. The number of carbonyl (C=O) groups excluding carboxylic acids is 1. The van der Waals surface area contributed by atoms with Crippen LogP contribution in [-0.4, -0.2) is 12.5 Å². The van der Waals surface area contributed by atoms with Gasteiger partial charge in [-0.05, 0) is 49.7 Å². The number of aryl methyl sites for hydroxylation is 1. The fraction of sp³-hybridized carbons (Fsp3) is 0.188. The Balaban J connectivity index is 2.26. The Labute approximate surface area is 141 Å². The van der Waals surface area contributed by atoms with Crippen LogP contribution < -0.4 is 10.1 Å². The van der Waals surface area contributed by atoms with E-state index in [9.17, 15) is 4.79 Å². The standard InChI is InChI=1S/C16H15Br2NO2/c1-3-21-15-6-10(2)4-5-14(15)19-16(20)11-7-12(17)9-13(18)8-11/h4-9H,3H2,1-2H3,(H,19,20). The van der Waals surface area contributed by atoms with Crippen LogP contribution in [-0.2, 0) is 0 Å². The number of hydrogen-bond donors (Lipinski definition) is 1. The summed E-state index contributed by atoms with van der Waals surface area (Å²) in [7, 11) is 0. The maximum Gasteiger partial charge on any atom is 0.255 e. The third-order valence-electron chi connectivity index (χ3n) is 2.81. The van der Waals surface area contributed by atoms with E-state index in [-0.39, 0.29) is 5.91 Å². The van der Waals surface area contributed by atoms with Crippen LogP contribution in [0.1, 0.15) is 22.8 Å². The molecule has 2 rings (SSSR count). The fourth-order valence-corrected chi connectivity index (χ4v) is 3.18. The number of anilines is 1. The zero-order valence-electron chi connectivity index (χ0n) is 11.7. The van der Waals surface area contributed by atoms with Gasteiger partial charge in [0.25, 0.3) is 5.91 Å². The molecule has 0 fully saturated rings. The highest BCUT2D eigenvalue weighted by molar-refractivity contribution is 9.11. The van der Waals surface area contributed by atoms with Gasteiger partial charge in [0.1, 0.15) is 5.75 Å². The summed E-state index contributed by atoms with van der Waals surface area (Å²) in [5.74, 6) is 0.502. The lowest BCUT2D eigenvalue weighted by atomic mass is 10.2. The number of rotatable bonds is 4. The molecule has 3 nitrogen and oxygen atoms in total. The summed E-state index contributed by atoms with van der Waals surface area (Å²) >= 11 is 6.76. The smallest absolute Gasteiger partial charge is 0.255 e. The summed E-state index contributed by atoms with van der Waals surface area (Å²) in [6, 6.07) is 11.1. The first kappa shape index (κ1) is 16.0. The molecular formula is C16H15Br2NO2. The highest BCUT2D eigenvalue weighted by Crippen LogP contribution is 2.27. The van der Waals surface area contributed by atoms with E-state index in [1.165, 1.54) is 0 Å². The fourth-order valence-electron chi connectivity index (χ4n) is 1.89. The topological polar surface area (TPSA) is 38.3 Å². The van der Waals surface area contributed by atoms with Crippen molar-refractivity contribution in [2.75, 3.05) is 11.9 Å². The molecule has 2 aromatic rings. The number of halogens is 2. The van der Waals surface area contributed by atoms with Crippen LogP contribution in [0.5, 0.6) is 5.75 Å². The average Bonchev–Trinajstić information content (AvgIpc) is 2.41. The maximum atomic E-state index is 12.4. The van der Waals surface area contributed by atoms with Gasteiger partial charge in [-0.2, -0.15) is 0 Å². The second-order valence-corrected chi connectivity index (χ2v) is 6.38. The van der Waals surface area contributed by atoms with Gasteiger partial charge in [-0.25, -0.2) is 0 Å². The zero-order valence-corrected chi connectivity index (χ0v) is 14.9. The number of hydrogen-bond acceptors (Lipinski definition) is 2. The molecule has 0 aromatic heterocycles. The van der Waals surface area contributed by atoms with Crippen molar-refractivity contribution in [3.8, 4) is 5.75 Å². The minimum atomic E-state index is -0.179. The van der Waals surface area contributed by atoms with E-state index in [1.807, 2.05) is 38.1 Å². The van der Waals surface area contributed by atoms with E-state index in [1.54, 1.807) is 12.1 Å². The molecule has 0 bridgehead atoms. The summed E-state index contributed by atoms with van der Waals surface area (Å²) in [5.41, 5.74) is 2.32. The van der Waals surface area contributed by atoms with Gasteiger partial charge >= 0.3 is 0 Å². The molecule has 1 amide bonds. The second-order valence-electron chi connectivity index (χ2n) is 4.54. The molecule has 21 heavy (non-hydrogen) atoms. The lowest BCUT2D eigenvalue weighted by molar-refractivity contribution is 0.102. The molecule has 110 valence electrons. The first-order valence-electron chi connectivity index (χ1n) is 6.50. The quantitative estimate of drug-likeness (QED) is 0.751. The third-order valence-corrected chi connectivity index (χ3v) is 3.73. The minimum absolute atomic E-state index is 0.179. The molecule has 0 saturated carbocycles. The predicted octanol–water partition coefficient (Wildman–Crippen LogP) is 5.17. The Hall–Kier alpha value is -1.33. The Morgan fingerprint density at radius 3 is 2.43 bits per heavy atom. The van der Waals surface area contributed by atoms with E-state index in [0.29, 0.717) is 23.6 Å². The van der Waals surface area contributed by atoms with E-state index in [4.69, 9.17) is 4.74 Å². The Kier molecular flexibility index (Phi) is 5.42. The van der Waals surface area contributed by atoms with E-state index >= 15 is 0 Å². The van der Waals surface area contributed by atoms with Crippen molar-refractivity contribution in [1.29, 1.82) is 0 Å². The van der Waals surface area contributed by atoms with Crippen LogP contribution in [0.25, 0.3) is 0 Å². The molecule has 0 heterocycles. The van der Waals surface area contributed by atoms with Crippen molar-refractivity contribution in [3.05, 3.63) is 56.5 Å². The van der Waals surface area contributed by atoms with Crippen molar-refractivity contribution in [2.45, 2.75) is 13.8 Å². The molecule has 1 N–H and O–H groups in total. The second kappa shape index (κ2) is 7.09. The van der Waals surface area contributed by atoms with Crippen molar-refractivity contribution in [1.82, 2.24) is 0 Å². The molecule has 0 aliphatic carbocycles. The normalized spacial score (nSPS) is 10.3. The van der Waals surface area contributed by atoms with Gasteiger partial charge in [0.15, 0.2) is 0 Å². The van der Waals surface area contributed by atoms with Crippen LogP contribution >= 0.6 is 31.9 Å². The molecule has 5 heteroatoms. The number of carbonyl (C=O) groups is 1. The molecule has 0 aliphatic rings. The highest BCUT2D eigenvalue weighted by Gasteiger charge is 2.11. The van der Waals surface area contributed by atoms with Gasteiger partial charge in [0.05, 0.1) is 12.3 Å². The maximum absolute atomic E-state index is 12.4. The number of nitrogens with one attached hydrogen (secondary N) is 1. The van der Waals surface area contributed by atoms with E-state index in [2.05, 4.69) is 37.2 Å². The van der Waals surface area contributed by atoms with Crippen molar-refractivity contribution in [2.24, 2.45) is 0 Å². The first-order chi connectivity index (χ1) is 9.99. The summed E-state index contributed by atoms with van der Waals surface area (Å²) < 4.78 is 7.26. The largest absolute Gasteiger partial charge is 0.492 e. The van der Waals surface area contributed by atoms with Crippen LogP contribution in [0, 0.1) is 6.92 Å². The van der Waals surface area contributed by atoms with Gasteiger partial charge in [0.2, 0.25) is 0 Å². The SMILES string of the molecule is CCOc1cc(C)ccc1NC(=O)c1cc(Br)cc(Br)c1. The van der Waals surface area contributed by atoms with E-state index in [0.717, 1.165) is 14.5 Å². The van der Waals surface area contributed by atoms with Gasteiger partial charge < -0.3 is 10.1 Å². The van der Waals surface area contributed by atoms with E-state index < -0.39 is 0 Å². The minimum Gasteiger partial charge on any atom is -0.492 e. The van der Waals surface area contributed by atoms with Gasteiger partial charge in [-0.15, -0.1) is 0 Å². The Bertz CT molecular complexity index is 651. The summed E-state index contributed by atoms with van der Waals surface area (Å²) in [6.45, 7) is 4.45. The van der Waals surface area contributed by atoms with Crippen LogP contribution in [0.15, 0.2) is 45.3 Å². The molecule has 0 atom stereocenters. The monoisotopic (exact) mass is 411 g/mol. The molecular weight excluding hydrogens is 398 g/mol. The van der Waals surface area contributed by atoms with Crippen LogP contribution in [0.2, 0.25) is 0 Å². The average molecular weight is 413 g/mol. The molecule has 2 aromatic carbocycles. The Morgan fingerprint density at radius 2 is 1.81 bits per heavy atom. The summed E-state index contributed by atoms with van der Waals surface area (Å²) in [5, 5.41) is 2.89. The van der Waals surface area contributed by atoms with Crippen molar-refractivity contribution in [3.63, 3.8) is 0 Å². The van der Waals surface area contributed by atoms with Crippen molar-refractivity contribution < 1.29 is 9.53 Å². The van der Waals surface area contributed by atoms with Crippen molar-refractivity contribution >= 4 is 43.5 Å². The molecule has 0 radical (unpaired) electrons. The third kappa shape index (κ3) is 4.32. The number of amides is 1. The highest BCUT2D eigenvalue weighted by atomic mass is 79.9. The van der Waals surface area contributed by atoms with Crippen LogP contribution in [0.3, 0.4) is 0 Å². The first-order valence-corrected chi connectivity index (χ1v) is 8.09. The number of ether oxygens (including phenoxy) is 1. The summed E-state index contributed by atoms with van der Waals surface area (Å²) in [6.07, 6.45) is 0. The lowest BCUT2D eigenvalue weighted by Crippen LogP contribution is -2.13. The van der Waals surface area contributed by atoms with Gasteiger partial charge in [-0.1, -0.05) is 37.9 Å². The predicted molar refractivity (Wildman–Crippen MR) is 92.1 cm³/mol. The van der Waals surface area contributed by atoms with Gasteiger partial charge in [-0.3, -0.25) is 4.79 Å². The van der Waals surface area contributed by atoms with Crippen LogP contribution in [0.4, 0.5) is 5.69 Å². The Morgan fingerprint density at radius 1 is 1.14 bits per heavy atom. The number of benzene rings is 2. The van der Waals surface area contributed by atoms with Gasteiger partial charge in [0, 0.05) is 14.5 Å².